The molecule has 1 aliphatic heterocycles. The number of nitrogens with zero attached hydrogens (tertiary/aromatic N) is 1. The van der Waals surface area contributed by atoms with Crippen molar-refractivity contribution in [3.8, 4) is 0 Å². The van der Waals surface area contributed by atoms with E-state index in [0.717, 1.165) is 13.0 Å². The predicted octanol–water partition coefficient (Wildman–Crippen LogP) is 5.63. The van der Waals surface area contributed by atoms with Crippen molar-refractivity contribution < 1.29 is 0 Å². The Balaban J connectivity index is 1.53. The van der Waals surface area contributed by atoms with Crippen LogP contribution in [0, 0.1) is 6.92 Å². The van der Waals surface area contributed by atoms with Crippen molar-refractivity contribution in [2.75, 3.05) is 6.54 Å². The van der Waals surface area contributed by atoms with Gasteiger partial charge in [-0.1, -0.05) is 48.0 Å². The summed E-state index contributed by atoms with van der Waals surface area (Å²) in [5, 5.41) is 4.04. The van der Waals surface area contributed by atoms with Gasteiger partial charge in [-0.15, -0.1) is 11.8 Å². The van der Waals surface area contributed by atoms with Gasteiger partial charge in [0.1, 0.15) is 5.37 Å². The number of benzene rings is 2. The zero-order valence-corrected chi connectivity index (χ0v) is 14.9. The smallest absolute Gasteiger partial charge is 0.104 e. The molecule has 3 heteroatoms. The van der Waals surface area contributed by atoms with Crippen molar-refractivity contribution in [3.05, 3.63) is 82.5 Å². The van der Waals surface area contributed by atoms with Gasteiger partial charge in [0, 0.05) is 29.3 Å². The number of nitrogens with one attached hydrogen (secondary N) is 1. The summed E-state index contributed by atoms with van der Waals surface area (Å²) in [7, 11) is 0. The van der Waals surface area contributed by atoms with E-state index in [0.29, 0.717) is 5.37 Å². The van der Waals surface area contributed by atoms with Crippen LogP contribution in [0.1, 0.15) is 29.0 Å². The van der Waals surface area contributed by atoms with Gasteiger partial charge in [0.25, 0.3) is 0 Å². The Labute approximate surface area is 147 Å². The maximum atomic E-state index is 3.39. The van der Waals surface area contributed by atoms with Crippen molar-refractivity contribution in [2.24, 2.45) is 0 Å². The number of aryl methyl sites for hydroxylation is 1. The molecule has 2 aromatic carbocycles. The quantitative estimate of drug-likeness (QED) is 0.667. The number of hydrogen-bond acceptors (Lipinski definition) is 2. The topological polar surface area (TPSA) is 19.0 Å². The van der Waals surface area contributed by atoms with Gasteiger partial charge in [-0.2, -0.15) is 0 Å². The van der Waals surface area contributed by atoms with Crippen molar-refractivity contribution >= 4 is 22.7 Å². The van der Waals surface area contributed by atoms with Crippen LogP contribution in [0.4, 0.5) is 0 Å². The number of fused-ring (bicyclic) bond motifs is 1. The highest BCUT2D eigenvalue weighted by Gasteiger charge is 2.25. The summed E-state index contributed by atoms with van der Waals surface area (Å²) in [6, 6.07) is 17.5. The molecule has 0 bridgehead atoms. The van der Waals surface area contributed by atoms with Gasteiger partial charge >= 0.3 is 0 Å². The van der Waals surface area contributed by atoms with E-state index in [1.165, 1.54) is 33.3 Å². The van der Waals surface area contributed by atoms with Gasteiger partial charge in [0.15, 0.2) is 0 Å². The van der Waals surface area contributed by atoms with Crippen LogP contribution in [-0.2, 0) is 6.42 Å². The molecule has 0 fully saturated rings. The fourth-order valence-electron chi connectivity index (χ4n) is 3.35. The lowest BCUT2D eigenvalue weighted by Crippen LogP contribution is -2.24. The molecule has 1 unspecified atom stereocenters. The Bertz CT molecular complexity index is 876. The maximum absolute atomic E-state index is 3.39. The summed E-state index contributed by atoms with van der Waals surface area (Å²) in [6.07, 6.45) is 3.21. The third-order valence-corrected chi connectivity index (χ3v) is 6.02. The third kappa shape index (κ3) is 2.84. The molecule has 4 rings (SSSR count). The van der Waals surface area contributed by atoms with Crippen LogP contribution in [0.15, 0.2) is 65.8 Å². The highest BCUT2D eigenvalue weighted by Crippen LogP contribution is 2.42. The van der Waals surface area contributed by atoms with Crippen molar-refractivity contribution in [3.63, 3.8) is 0 Å². The first-order chi connectivity index (χ1) is 11.7. The number of H-pyrrole nitrogens is 1. The van der Waals surface area contributed by atoms with E-state index in [2.05, 4.69) is 83.9 Å². The Kier molecular flexibility index (Phi) is 4.11. The predicted molar refractivity (Wildman–Crippen MR) is 104 cm³/mol. The molecule has 122 valence electrons. The van der Waals surface area contributed by atoms with E-state index in [1.807, 2.05) is 11.8 Å². The van der Waals surface area contributed by atoms with Crippen LogP contribution >= 0.6 is 11.8 Å². The van der Waals surface area contributed by atoms with E-state index in [1.54, 1.807) is 0 Å². The normalized spacial score (nSPS) is 17.5. The van der Waals surface area contributed by atoms with Crippen molar-refractivity contribution in [1.82, 2.24) is 9.88 Å². The molecule has 1 aromatic heterocycles. The number of aromatic amines is 1. The van der Waals surface area contributed by atoms with E-state index in [4.69, 9.17) is 0 Å². The Morgan fingerprint density at radius 1 is 1.04 bits per heavy atom. The molecule has 2 heterocycles. The molecule has 0 saturated heterocycles. The first-order valence-electron chi connectivity index (χ1n) is 8.43. The van der Waals surface area contributed by atoms with Gasteiger partial charge in [-0.3, -0.25) is 0 Å². The van der Waals surface area contributed by atoms with Gasteiger partial charge in [-0.05, 0) is 42.9 Å². The summed E-state index contributed by atoms with van der Waals surface area (Å²) in [6.45, 7) is 5.40. The molecule has 0 aliphatic carbocycles. The second kappa shape index (κ2) is 6.40. The Morgan fingerprint density at radius 3 is 2.67 bits per heavy atom. The number of rotatable bonds is 4. The summed E-state index contributed by atoms with van der Waals surface area (Å²) in [5.74, 6) is 0. The largest absolute Gasteiger partial charge is 0.361 e. The number of hydrogen-bond donors (Lipinski definition) is 1. The maximum Gasteiger partial charge on any atom is 0.104 e. The third-order valence-electron chi connectivity index (χ3n) is 4.76. The number of thioether (sulfide) groups is 1. The van der Waals surface area contributed by atoms with Crippen molar-refractivity contribution in [1.29, 1.82) is 0 Å². The molecule has 0 saturated carbocycles. The molecule has 1 atom stereocenters. The zero-order chi connectivity index (χ0) is 16.5. The standard InChI is InChI=1S/C21H22N2S/c1-15-7-9-17(10-8-15)21-23(16(2)14-24-21)12-11-18-13-22-20-6-4-3-5-19(18)20/h3-10,13-14,21-22H,11-12H2,1-2H3. The van der Waals surface area contributed by atoms with E-state index >= 15 is 0 Å². The van der Waals surface area contributed by atoms with Gasteiger partial charge in [-0.25, -0.2) is 0 Å². The molecule has 3 aromatic rings. The monoisotopic (exact) mass is 334 g/mol. The number of aromatic nitrogens is 1. The lowest BCUT2D eigenvalue weighted by Gasteiger charge is -2.28. The van der Waals surface area contributed by atoms with Crippen LogP contribution in [0.25, 0.3) is 10.9 Å². The fraction of sp³-hybridized carbons (Fsp3) is 0.238. The summed E-state index contributed by atoms with van der Waals surface area (Å²) in [5.41, 5.74) is 6.70. The second-order valence-electron chi connectivity index (χ2n) is 6.46. The molecule has 0 amide bonds. The van der Waals surface area contributed by atoms with Gasteiger partial charge in [0.05, 0.1) is 0 Å². The van der Waals surface area contributed by atoms with E-state index < -0.39 is 0 Å². The SMILES string of the molecule is CC1=CSC(c2ccc(C)cc2)N1CCc1c[nH]c2ccccc12. The molecule has 0 spiro atoms. The zero-order valence-electron chi connectivity index (χ0n) is 14.1. The summed E-state index contributed by atoms with van der Waals surface area (Å²) >= 11 is 1.91. The lowest BCUT2D eigenvalue weighted by molar-refractivity contribution is 0.342. The first kappa shape index (κ1) is 15.4. The average Bonchev–Trinajstić information content (AvgIpc) is 3.17. The average molecular weight is 334 g/mol. The summed E-state index contributed by atoms with van der Waals surface area (Å²) in [4.78, 5) is 5.91. The molecule has 2 nitrogen and oxygen atoms in total. The van der Waals surface area contributed by atoms with Crippen LogP contribution < -0.4 is 0 Å². The second-order valence-corrected chi connectivity index (χ2v) is 7.42. The van der Waals surface area contributed by atoms with Crippen LogP contribution in [0.2, 0.25) is 0 Å². The van der Waals surface area contributed by atoms with Crippen LogP contribution in [-0.4, -0.2) is 16.4 Å². The van der Waals surface area contributed by atoms with E-state index in [-0.39, 0.29) is 0 Å². The van der Waals surface area contributed by atoms with Gasteiger partial charge < -0.3 is 9.88 Å². The van der Waals surface area contributed by atoms with Gasteiger partial charge in [0.2, 0.25) is 0 Å². The molecular formula is C21H22N2S. The Morgan fingerprint density at radius 2 is 1.83 bits per heavy atom. The summed E-state index contributed by atoms with van der Waals surface area (Å²) < 4.78 is 0. The molecule has 1 aliphatic rings. The molecule has 0 radical (unpaired) electrons. The lowest BCUT2D eigenvalue weighted by atomic mass is 10.1. The fourth-order valence-corrected chi connectivity index (χ4v) is 4.55. The highest BCUT2D eigenvalue weighted by molar-refractivity contribution is 8.02. The highest BCUT2D eigenvalue weighted by atomic mass is 32.2. The minimum Gasteiger partial charge on any atom is -0.361 e. The minimum absolute atomic E-state index is 0.399. The number of para-hydroxylation sites is 1. The first-order valence-corrected chi connectivity index (χ1v) is 9.37. The number of allylic oxidation sites excluding steroid dienone is 1. The van der Waals surface area contributed by atoms with Crippen molar-refractivity contribution in [2.45, 2.75) is 25.6 Å². The molecule has 24 heavy (non-hydrogen) atoms. The molecule has 1 N–H and O–H groups in total. The van der Waals surface area contributed by atoms with Crippen LogP contribution in [0.5, 0.6) is 0 Å². The van der Waals surface area contributed by atoms with E-state index in [9.17, 15) is 0 Å². The van der Waals surface area contributed by atoms with Crippen LogP contribution in [0.3, 0.4) is 0 Å². The Hall–Kier alpha value is -2.13. The molecular weight excluding hydrogens is 312 g/mol. The minimum atomic E-state index is 0.399.